The van der Waals surface area contributed by atoms with Crippen LogP contribution in [0.15, 0.2) is 48.5 Å². The Labute approximate surface area is 158 Å². The van der Waals surface area contributed by atoms with Gasteiger partial charge in [-0.05, 0) is 43.0 Å². The zero-order valence-corrected chi connectivity index (χ0v) is 15.1. The van der Waals surface area contributed by atoms with Crippen molar-refractivity contribution < 1.29 is 14.4 Å². The molecule has 0 aromatic heterocycles. The lowest BCUT2D eigenvalue weighted by Gasteiger charge is -2.13. The molecule has 0 aliphatic carbocycles. The number of unbranched alkanes of at least 4 members (excludes halogenated alkanes) is 1. The summed E-state index contributed by atoms with van der Waals surface area (Å²) in [5.41, 5.74) is 8.48. The van der Waals surface area contributed by atoms with Gasteiger partial charge in [-0.25, -0.2) is 0 Å². The maximum atomic E-state index is 12.3. The molecule has 1 aliphatic heterocycles. The minimum Gasteiger partial charge on any atom is -0.399 e. The summed E-state index contributed by atoms with van der Waals surface area (Å²) in [5.74, 6) is -0.501. The summed E-state index contributed by atoms with van der Waals surface area (Å²) in [5, 5.41) is 2.87. The molecule has 140 valence electrons. The van der Waals surface area contributed by atoms with Crippen LogP contribution in [0, 0.1) is 0 Å². The van der Waals surface area contributed by atoms with Crippen LogP contribution >= 0.6 is 0 Å². The molecule has 27 heavy (non-hydrogen) atoms. The highest BCUT2D eigenvalue weighted by molar-refractivity contribution is 6.21. The normalized spacial score (nSPS) is 13.0. The highest BCUT2D eigenvalue weighted by atomic mass is 16.2. The fourth-order valence-corrected chi connectivity index (χ4v) is 3.16. The molecule has 0 spiro atoms. The fourth-order valence-electron chi connectivity index (χ4n) is 3.16. The number of fused-ring (bicyclic) bond motifs is 1. The number of hydrogen-bond acceptors (Lipinski definition) is 4. The third kappa shape index (κ3) is 4.34. The molecule has 2 aromatic carbocycles. The van der Waals surface area contributed by atoms with E-state index in [2.05, 4.69) is 5.32 Å². The van der Waals surface area contributed by atoms with Crippen LogP contribution in [0.25, 0.3) is 0 Å². The fraction of sp³-hybridized carbons (Fsp3) is 0.286. The molecular weight excluding hydrogens is 342 g/mol. The zero-order valence-electron chi connectivity index (χ0n) is 15.1. The molecule has 3 amide bonds. The van der Waals surface area contributed by atoms with Gasteiger partial charge in [-0.15, -0.1) is 0 Å². The van der Waals surface area contributed by atoms with Gasteiger partial charge in [-0.1, -0.05) is 30.3 Å². The van der Waals surface area contributed by atoms with Crippen LogP contribution in [0.3, 0.4) is 0 Å². The average Bonchev–Trinajstić information content (AvgIpc) is 2.92. The van der Waals surface area contributed by atoms with Gasteiger partial charge in [0, 0.05) is 25.2 Å². The largest absolute Gasteiger partial charge is 0.399 e. The van der Waals surface area contributed by atoms with Crippen molar-refractivity contribution in [1.29, 1.82) is 0 Å². The van der Waals surface area contributed by atoms with E-state index in [0.29, 0.717) is 55.6 Å². The number of hydrogen-bond donors (Lipinski definition) is 2. The summed E-state index contributed by atoms with van der Waals surface area (Å²) in [6.45, 7) is 0.884. The SMILES string of the molecule is Nc1ccccc1CCC(=O)NCCCCN1C(=O)c2ccccc2C1=O. The van der Waals surface area contributed by atoms with Gasteiger partial charge < -0.3 is 11.1 Å². The van der Waals surface area contributed by atoms with Crippen molar-refractivity contribution in [3.63, 3.8) is 0 Å². The molecule has 6 nitrogen and oxygen atoms in total. The van der Waals surface area contributed by atoms with Crippen LogP contribution in [0.2, 0.25) is 0 Å². The lowest BCUT2D eigenvalue weighted by atomic mass is 10.1. The van der Waals surface area contributed by atoms with Gasteiger partial charge in [0.15, 0.2) is 0 Å². The Bertz CT molecular complexity index is 828. The summed E-state index contributed by atoms with van der Waals surface area (Å²) < 4.78 is 0. The number of imide groups is 1. The van der Waals surface area contributed by atoms with E-state index in [9.17, 15) is 14.4 Å². The molecule has 1 heterocycles. The number of carbonyl (C=O) groups is 3. The third-order valence-corrected chi connectivity index (χ3v) is 4.69. The molecule has 3 rings (SSSR count). The topological polar surface area (TPSA) is 92.5 Å². The van der Waals surface area contributed by atoms with E-state index < -0.39 is 0 Å². The first-order valence-electron chi connectivity index (χ1n) is 9.13. The van der Waals surface area contributed by atoms with Gasteiger partial charge in [0.25, 0.3) is 11.8 Å². The standard InChI is InChI=1S/C21H23N3O3/c22-18-10-4-1-7-15(18)11-12-19(25)23-13-5-6-14-24-20(26)16-8-2-3-9-17(16)21(24)27/h1-4,7-10H,5-6,11-14,22H2,(H,23,25). The smallest absolute Gasteiger partial charge is 0.261 e. The second kappa shape index (κ2) is 8.49. The average molecular weight is 365 g/mol. The summed E-state index contributed by atoms with van der Waals surface area (Å²) in [6.07, 6.45) is 2.34. The lowest BCUT2D eigenvalue weighted by molar-refractivity contribution is -0.121. The zero-order chi connectivity index (χ0) is 19.2. The number of benzene rings is 2. The van der Waals surface area contributed by atoms with Gasteiger partial charge in [-0.3, -0.25) is 19.3 Å². The molecule has 0 unspecified atom stereocenters. The van der Waals surface area contributed by atoms with Crippen molar-refractivity contribution in [2.75, 3.05) is 18.8 Å². The molecule has 0 radical (unpaired) electrons. The molecule has 1 aliphatic rings. The van der Waals surface area contributed by atoms with Crippen molar-refractivity contribution in [1.82, 2.24) is 10.2 Å². The molecule has 6 heteroatoms. The molecular formula is C21H23N3O3. The summed E-state index contributed by atoms with van der Waals surface area (Å²) >= 11 is 0. The number of nitrogens with zero attached hydrogens (tertiary/aromatic N) is 1. The molecule has 0 saturated carbocycles. The van der Waals surface area contributed by atoms with Gasteiger partial charge in [0.1, 0.15) is 0 Å². The van der Waals surface area contributed by atoms with Gasteiger partial charge in [-0.2, -0.15) is 0 Å². The van der Waals surface area contributed by atoms with Crippen molar-refractivity contribution in [3.05, 3.63) is 65.2 Å². The maximum absolute atomic E-state index is 12.3. The first-order valence-corrected chi connectivity index (χ1v) is 9.13. The Morgan fingerprint density at radius 1 is 0.926 bits per heavy atom. The maximum Gasteiger partial charge on any atom is 0.261 e. The summed E-state index contributed by atoms with van der Waals surface area (Å²) in [6, 6.07) is 14.4. The van der Waals surface area contributed by atoms with Crippen LogP contribution in [-0.2, 0) is 11.2 Å². The number of para-hydroxylation sites is 1. The van der Waals surface area contributed by atoms with E-state index in [0.717, 1.165) is 5.56 Å². The Balaban J connectivity index is 1.35. The first kappa shape index (κ1) is 18.6. The quantitative estimate of drug-likeness (QED) is 0.427. The van der Waals surface area contributed by atoms with Crippen LogP contribution in [-0.4, -0.2) is 35.7 Å². The number of nitrogens with two attached hydrogens (primary N) is 1. The predicted octanol–water partition coefficient (Wildman–Crippen LogP) is 2.39. The third-order valence-electron chi connectivity index (χ3n) is 4.69. The Morgan fingerprint density at radius 3 is 2.22 bits per heavy atom. The Hall–Kier alpha value is -3.15. The van der Waals surface area contributed by atoms with E-state index >= 15 is 0 Å². The second-order valence-electron chi connectivity index (χ2n) is 6.56. The number of carbonyl (C=O) groups excluding carboxylic acids is 3. The van der Waals surface area contributed by atoms with Crippen LogP contribution in [0.1, 0.15) is 45.5 Å². The monoisotopic (exact) mass is 365 g/mol. The number of anilines is 1. The Kier molecular flexibility index (Phi) is 5.86. The minimum atomic E-state index is -0.236. The van der Waals surface area contributed by atoms with Crippen LogP contribution in [0.5, 0.6) is 0 Å². The first-order chi connectivity index (χ1) is 13.1. The second-order valence-corrected chi connectivity index (χ2v) is 6.56. The molecule has 2 aromatic rings. The number of nitrogens with one attached hydrogen (secondary N) is 1. The lowest BCUT2D eigenvalue weighted by Crippen LogP contribution is -2.31. The number of amides is 3. The number of rotatable bonds is 8. The molecule has 0 atom stereocenters. The molecule has 3 N–H and O–H groups in total. The summed E-state index contributed by atoms with van der Waals surface area (Å²) in [4.78, 5) is 37.7. The molecule has 0 bridgehead atoms. The van der Waals surface area contributed by atoms with Gasteiger partial charge in [0.05, 0.1) is 11.1 Å². The number of nitrogen functional groups attached to an aromatic ring is 1. The van der Waals surface area contributed by atoms with Crippen LogP contribution in [0.4, 0.5) is 5.69 Å². The summed E-state index contributed by atoms with van der Waals surface area (Å²) in [7, 11) is 0. The van der Waals surface area contributed by atoms with Crippen molar-refractivity contribution in [2.45, 2.75) is 25.7 Å². The number of aryl methyl sites for hydroxylation is 1. The van der Waals surface area contributed by atoms with Crippen LogP contribution < -0.4 is 11.1 Å². The van der Waals surface area contributed by atoms with Gasteiger partial charge >= 0.3 is 0 Å². The minimum absolute atomic E-state index is 0.0287. The van der Waals surface area contributed by atoms with E-state index in [1.807, 2.05) is 24.3 Å². The predicted molar refractivity (Wildman–Crippen MR) is 103 cm³/mol. The van der Waals surface area contributed by atoms with E-state index in [1.54, 1.807) is 24.3 Å². The van der Waals surface area contributed by atoms with E-state index in [1.165, 1.54) is 4.90 Å². The molecule has 0 fully saturated rings. The molecule has 0 saturated heterocycles. The van der Waals surface area contributed by atoms with Crippen molar-refractivity contribution in [2.24, 2.45) is 0 Å². The van der Waals surface area contributed by atoms with Crippen molar-refractivity contribution >= 4 is 23.4 Å². The highest BCUT2D eigenvalue weighted by Crippen LogP contribution is 2.22. The Morgan fingerprint density at radius 2 is 1.56 bits per heavy atom. The highest BCUT2D eigenvalue weighted by Gasteiger charge is 2.34. The van der Waals surface area contributed by atoms with Crippen molar-refractivity contribution in [3.8, 4) is 0 Å². The van der Waals surface area contributed by atoms with E-state index in [-0.39, 0.29) is 17.7 Å². The van der Waals surface area contributed by atoms with E-state index in [4.69, 9.17) is 5.73 Å². The van der Waals surface area contributed by atoms with Gasteiger partial charge in [0.2, 0.25) is 5.91 Å².